The lowest BCUT2D eigenvalue weighted by Gasteiger charge is -2.21. The molecule has 0 unspecified atom stereocenters. The molecule has 0 saturated heterocycles. The van der Waals surface area contributed by atoms with Gasteiger partial charge < -0.3 is 10.1 Å². The number of hydrogen-bond acceptors (Lipinski definition) is 4. The van der Waals surface area contributed by atoms with Crippen molar-refractivity contribution < 1.29 is 9.53 Å². The Morgan fingerprint density at radius 3 is 2.59 bits per heavy atom. The zero-order valence-corrected chi connectivity index (χ0v) is 13.4. The first-order valence-corrected chi connectivity index (χ1v) is 7.94. The Bertz CT molecular complexity index is 642. The number of rotatable bonds is 6. The van der Waals surface area contributed by atoms with E-state index in [0.717, 1.165) is 4.88 Å². The third-order valence-corrected chi connectivity index (χ3v) is 4.14. The van der Waals surface area contributed by atoms with Gasteiger partial charge in [-0.25, -0.2) is 0 Å². The monoisotopic (exact) mass is 314 g/mol. The highest BCUT2D eigenvalue weighted by Gasteiger charge is 2.19. The summed E-state index contributed by atoms with van der Waals surface area (Å²) in [6.45, 7) is 4.11. The van der Waals surface area contributed by atoms with Gasteiger partial charge in [0.15, 0.2) is 6.61 Å². The summed E-state index contributed by atoms with van der Waals surface area (Å²) in [6.07, 6.45) is 0. The van der Waals surface area contributed by atoms with Crippen LogP contribution in [0.2, 0.25) is 0 Å². The van der Waals surface area contributed by atoms with Crippen LogP contribution in [0.3, 0.4) is 0 Å². The van der Waals surface area contributed by atoms with Crippen LogP contribution in [0.25, 0.3) is 0 Å². The van der Waals surface area contributed by atoms with Crippen LogP contribution in [0.4, 0.5) is 0 Å². The van der Waals surface area contributed by atoms with E-state index in [2.05, 4.69) is 19.2 Å². The highest BCUT2D eigenvalue weighted by molar-refractivity contribution is 7.10. The van der Waals surface area contributed by atoms with Crippen molar-refractivity contribution in [2.24, 2.45) is 5.92 Å². The van der Waals surface area contributed by atoms with Crippen molar-refractivity contribution in [2.75, 3.05) is 6.61 Å². The summed E-state index contributed by atoms with van der Waals surface area (Å²) in [5.41, 5.74) is 0.564. The largest absolute Gasteiger partial charge is 0.484 e. The molecule has 1 aromatic heterocycles. The second-order valence-corrected chi connectivity index (χ2v) is 6.21. The van der Waals surface area contributed by atoms with Crippen molar-refractivity contribution in [3.05, 3.63) is 52.2 Å². The first-order valence-electron chi connectivity index (χ1n) is 7.06. The normalized spacial score (nSPS) is 11.7. The summed E-state index contributed by atoms with van der Waals surface area (Å²) in [5.74, 6) is 0.723. The average Bonchev–Trinajstić information content (AvgIpc) is 3.04. The van der Waals surface area contributed by atoms with E-state index in [1.807, 2.05) is 23.6 Å². The van der Waals surface area contributed by atoms with Crippen LogP contribution in [-0.2, 0) is 4.79 Å². The van der Waals surface area contributed by atoms with Crippen LogP contribution in [0.5, 0.6) is 5.75 Å². The summed E-state index contributed by atoms with van der Waals surface area (Å²) in [6, 6.07) is 12.7. The zero-order chi connectivity index (χ0) is 15.9. The third-order valence-electron chi connectivity index (χ3n) is 3.19. The second kappa shape index (κ2) is 7.62. The molecule has 2 rings (SSSR count). The van der Waals surface area contributed by atoms with Gasteiger partial charge in [-0.15, -0.1) is 11.3 Å². The highest BCUT2D eigenvalue weighted by atomic mass is 32.1. The fourth-order valence-electron chi connectivity index (χ4n) is 2.02. The number of nitriles is 1. The summed E-state index contributed by atoms with van der Waals surface area (Å²) < 4.78 is 5.45. The fraction of sp³-hybridized carbons (Fsp3) is 0.294. The number of carbonyl (C=O) groups is 1. The Morgan fingerprint density at radius 1 is 1.32 bits per heavy atom. The van der Waals surface area contributed by atoms with Gasteiger partial charge in [0.25, 0.3) is 5.91 Å². The summed E-state index contributed by atoms with van der Waals surface area (Å²) in [4.78, 5) is 13.2. The number of amides is 1. The molecule has 0 aliphatic rings. The molecule has 0 radical (unpaired) electrons. The van der Waals surface area contributed by atoms with E-state index in [4.69, 9.17) is 10.00 Å². The van der Waals surface area contributed by atoms with E-state index in [1.165, 1.54) is 0 Å². The molecule has 2 aromatic rings. The number of nitrogens with zero attached hydrogens (tertiary/aromatic N) is 1. The van der Waals surface area contributed by atoms with E-state index in [9.17, 15) is 4.79 Å². The standard InChI is InChI=1S/C17H18N2O2S/c1-12(2)17(15-4-3-9-22-15)19-16(20)11-21-14-7-5-13(10-18)6-8-14/h3-9,12,17H,11H2,1-2H3,(H,19,20)/t17-/m0/s1. The number of benzene rings is 1. The van der Waals surface area contributed by atoms with Crippen molar-refractivity contribution in [1.29, 1.82) is 5.26 Å². The minimum Gasteiger partial charge on any atom is -0.484 e. The van der Waals surface area contributed by atoms with E-state index in [-0.39, 0.29) is 18.6 Å². The number of ether oxygens (including phenoxy) is 1. The maximum atomic E-state index is 12.1. The van der Waals surface area contributed by atoms with Gasteiger partial charge in [0.05, 0.1) is 17.7 Å². The first-order chi connectivity index (χ1) is 10.6. The van der Waals surface area contributed by atoms with Crippen molar-refractivity contribution >= 4 is 17.2 Å². The number of nitrogens with one attached hydrogen (secondary N) is 1. The van der Waals surface area contributed by atoms with Crippen LogP contribution in [-0.4, -0.2) is 12.5 Å². The van der Waals surface area contributed by atoms with Crippen LogP contribution in [0.1, 0.15) is 30.3 Å². The molecule has 0 saturated carbocycles. The molecule has 1 aromatic carbocycles. The van der Waals surface area contributed by atoms with Gasteiger partial charge in [-0.3, -0.25) is 4.79 Å². The average molecular weight is 314 g/mol. The van der Waals surface area contributed by atoms with Crippen molar-refractivity contribution in [1.82, 2.24) is 5.32 Å². The molecular formula is C17H18N2O2S. The molecule has 0 aliphatic carbocycles. The van der Waals surface area contributed by atoms with Crippen LogP contribution in [0, 0.1) is 17.2 Å². The minimum absolute atomic E-state index is 0.00272. The van der Waals surface area contributed by atoms with Gasteiger partial charge in [-0.05, 0) is 41.6 Å². The molecule has 1 amide bonds. The molecule has 0 spiro atoms. The van der Waals surface area contributed by atoms with Gasteiger partial charge in [0.2, 0.25) is 0 Å². The Morgan fingerprint density at radius 2 is 2.05 bits per heavy atom. The second-order valence-electron chi connectivity index (χ2n) is 5.23. The molecule has 22 heavy (non-hydrogen) atoms. The minimum atomic E-state index is -0.156. The maximum absolute atomic E-state index is 12.1. The van der Waals surface area contributed by atoms with Gasteiger partial charge >= 0.3 is 0 Å². The summed E-state index contributed by atoms with van der Waals surface area (Å²) in [5, 5.41) is 13.7. The van der Waals surface area contributed by atoms with Crippen LogP contribution < -0.4 is 10.1 Å². The lowest BCUT2D eigenvalue weighted by Crippen LogP contribution is -2.34. The molecule has 114 valence electrons. The lowest BCUT2D eigenvalue weighted by molar-refractivity contribution is -0.124. The zero-order valence-electron chi connectivity index (χ0n) is 12.6. The summed E-state index contributed by atoms with van der Waals surface area (Å²) in [7, 11) is 0. The van der Waals surface area contributed by atoms with Gasteiger partial charge in [0, 0.05) is 4.88 Å². The number of carbonyl (C=O) groups excluding carboxylic acids is 1. The number of hydrogen-bond donors (Lipinski definition) is 1. The van der Waals surface area contributed by atoms with E-state index < -0.39 is 0 Å². The van der Waals surface area contributed by atoms with Crippen LogP contribution in [0.15, 0.2) is 41.8 Å². The molecule has 1 heterocycles. The van der Waals surface area contributed by atoms with Gasteiger partial charge in [0.1, 0.15) is 5.75 Å². The molecule has 4 nitrogen and oxygen atoms in total. The Hall–Kier alpha value is -2.32. The van der Waals surface area contributed by atoms with E-state index >= 15 is 0 Å². The van der Waals surface area contributed by atoms with Crippen molar-refractivity contribution in [2.45, 2.75) is 19.9 Å². The molecule has 0 fully saturated rings. The highest BCUT2D eigenvalue weighted by Crippen LogP contribution is 2.25. The Labute approximate surface area is 134 Å². The predicted molar refractivity (Wildman–Crippen MR) is 86.7 cm³/mol. The molecule has 0 bridgehead atoms. The molecule has 1 N–H and O–H groups in total. The van der Waals surface area contributed by atoms with Gasteiger partial charge in [-0.2, -0.15) is 5.26 Å². The third kappa shape index (κ3) is 4.34. The molecule has 1 atom stereocenters. The topological polar surface area (TPSA) is 62.1 Å². The Kier molecular flexibility index (Phi) is 5.56. The molecule has 0 aliphatic heterocycles. The number of thiophene rings is 1. The van der Waals surface area contributed by atoms with E-state index in [1.54, 1.807) is 35.6 Å². The lowest BCUT2D eigenvalue weighted by atomic mass is 10.0. The maximum Gasteiger partial charge on any atom is 0.258 e. The van der Waals surface area contributed by atoms with Crippen molar-refractivity contribution in [3.63, 3.8) is 0 Å². The van der Waals surface area contributed by atoms with Crippen LogP contribution >= 0.6 is 11.3 Å². The SMILES string of the molecule is CC(C)[C@H](NC(=O)COc1ccc(C#N)cc1)c1cccs1. The van der Waals surface area contributed by atoms with Gasteiger partial charge in [-0.1, -0.05) is 19.9 Å². The first kappa shape index (κ1) is 16.1. The molecular weight excluding hydrogens is 296 g/mol. The summed E-state index contributed by atoms with van der Waals surface area (Å²) >= 11 is 1.63. The predicted octanol–water partition coefficient (Wildman–Crippen LogP) is 3.51. The Balaban J connectivity index is 1.90. The van der Waals surface area contributed by atoms with Crippen molar-refractivity contribution in [3.8, 4) is 11.8 Å². The fourth-order valence-corrected chi connectivity index (χ4v) is 2.97. The quantitative estimate of drug-likeness (QED) is 0.887. The van der Waals surface area contributed by atoms with E-state index in [0.29, 0.717) is 17.2 Å². The smallest absolute Gasteiger partial charge is 0.258 e. The molecule has 5 heteroatoms.